The largest absolute Gasteiger partial charge is 0.340 e. The van der Waals surface area contributed by atoms with E-state index in [9.17, 15) is 0 Å². The van der Waals surface area contributed by atoms with Gasteiger partial charge in [-0.15, -0.1) is 0 Å². The maximum Gasteiger partial charge on any atom is 0.0661 e. The Morgan fingerprint density at radius 2 is 1.90 bits per heavy atom. The summed E-state index contributed by atoms with van der Waals surface area (Å²) in [6.07, 6.45) is 0.673. The van der Waals surface area contributed by atoms with E-state index in [0.29, 0.717) is 34.1 Å². The van der Waals surface area contributed by atoms with Gasteiger partial charge in [0, 0.05) is 21.4 Å². The molecule has 0 radical (unpaired) electrons. The molecule has 0 fully saturated rings. The molecule has 110 valence electrons. The standard InChI is InChI=1S/C17H19ClN2S/c1-19(2)10-5-11-20-14-6-3-4-7-16(14)21-17-9-8-13(18)12-15(17)20/h3-4,6-9,12H,5,10-11H2,1-2H3/i3D,4D,6D,7D,8D,9D,12D. The van der Waals surface area contributed by atoms with Crippen molar-refractivity contribution in [3.8, 4) is 0 Å². The number of fused-ring (bicyclic) bond motifs is 2. The molecule has 1 aliphatic rings. The first kappa shape index (κ1) is 8.47. The van der Waals surface area contributed by atoms with E-state index in [1.165, 1.54) is 0 Å². The molecule has 0 atom stereocenters. The molecule has 1 aliphatic heterocycles. The molecule has 0 amide bonds. The smallest absolute Gasteiger partial charge is 0.0661 e. The molecule has 0 aromatic heterocycles. The summed E-state index contributed by atoms with van der Waals surface area (Å²) >= 11 is 7.14. The highest BCUT2D eigenvalue weighted by molar-refractivity contribution is 7.99. The van der Waals surface area contributed by atoms with Crippen LogP contribution in [0.1, 0.15) is 16.0 Å². The molecule has 21 heavy (non-hydrogen) atoms. The summed E-state index contributed by atoms with van der Waals surface area (Å²) < 4.78 is 57.4. The van der Waals surface area contributed by atoms with E-state index in [-0.39, 0.29) is 47.3 Å². The van der Waals surface area contributed by atoms with E-state index in [0.717, 1.165) is 18.3 Å². The quantitative estimate of drug-likeness (QED) is 0.790. The van der Waals surface area contributed by atoms with Crippen LogP contribution in [0.3, 0.4) is 0 Å². The number of para-hydroxylation sites is 1. The molecular weight excluding hydrogens is 300 g/mol. The van der Waals surface area contributed by atoms with E-state index < -0.39 is 0 Å². The Labute approximate surface area is 145 Å². The topological polar surface area (TPSA) is 6.48 Å². The van der Waals surface area contributed by atoms with Crippen LogP contribution in [0.4, 0.5) is 11.4 Å². The predicted octanol–water partition coefficient (Wildman–Crippen LogP) is 4.89. The number of benzene rings is 2. The SMILES string of the molecule is [2H]c1c([2H])c([2H])c2c(c1[2H])Sc1c([2H])c([2H])c(Cl)c([2H])c1N2CCCN(C)C. The van der Waals surface area contributed by atoms with Crippen LogP contribution in [0, 0.1) is 0 Å². The third kappa shape index (κ3) is 3.20. The minimum absolute atomic E-state index is 0.104. The van der Waals surface area contributed by atoms with Gasteiger partial charge in [-0.25, -0.2) is 0 Å². The molecule has 4 heteroatoms. The van der Waals surface area contributed by atoms with Gasteiger partial charge in [-0.2, -0.15) is 0 Å². The lowest BCUT2D eigenvalue weighted by molar-refractivity contribution is 0.402. The molecule has 2 aromatic carbocycles. The summed E-state index contributed by atoms with van der Waals surface area (Å²) in [6.45, 7) is 1.13. The molecule has 0 saturated carbocycles. The molecule has 0 aliphatic carbocycles. The first-order valence-electron chi connectivity index (χ1n) is 10.1. The van der Waals surface area contributed by atoms with E-state index in [1.807, 2.05) is 19.0 Å². The minimum Gasteiger partial charge on any atom is -0.340 e. The van der Waals surface area contributed by atoms with Crippen molar-refractivity contribution in [2.24, 2.45) is 0 Å². The zero-order valence-electron chi connectivity index (χ0n) is 18.8. The van der Waals surface area contributed by atoms with Crippen molar-refractivity contribution < 1.29 is 9.60 Å². The Kier molecular flexibility index (Phi) is 2.54. The monoisotopic (exact) mass is 325 g/mol. The fraction of sp³-hybridized carbons (Fsp3) is 0.294. The molecule has 1 heterocycles. The van der Waals surface area contributed by atoms with Crippen LogP contribution in [0.5, 0.6) is 0 Å². The second-order valence-corrected chi connectivity index (χ2v) is 6.35. The molecule has 0 N–H and O–H groups in total. The minimum atomic E-state index is -0.342. The number of rotatable bonds is 4. The normalized spacial score (nSPS) is 17.9. The van der Waals surface area contributed by atoms with Gasteiger partial charge in [0.25, 0.3) is 0 Å². The lowest BCUT2D eigenvalue weighted by atomic mass is 10.2. The van der Waals surface area contributed by atoms with Gasteiger partial charge >= 0.3 is 0 Å². The summed E-state index contributed by atoms with van der Waals surface area (Å²) in [7, 11) is 3.86. The molecular formula is C17H19ClN2S. The molecule has 0 bridgehead atoms. The Morgan fingerprint density at radius 1 is 1.14 bits per heavy atom. The van der Waals surface area contributed by atoms with Gasteiger partial charge in [0.2, 0.25) is 0 Å². The highest BCUT2D eigenvalue weighted by Gasteiger charge is 2.22. The first-order chi connectivity index (χ1) is 13.1. The Morgan fingerprint density at radius 3 is 2.71 bits per heavy atom. The third-order valence-electron chi connectivity index (χ3n) is 3.09. The summed E-state index contributed by atoms with van der Waals surface area (Å²) in [6, 6.07) is -1.55. The van der Waals surface area contributed by atoms with Crippen LogP contribution in [-0.4, -0.2) is 32.1 Å². The van der Waals surface area contributed by atoms with Crippen molar-refractivity contribution in [3.63, 3.8) is 0 Å². The lowest BCUT2D eigenvalue weighted by Crippen LogP contribution is -2.25. The Bertz CT molecular complexity index is 898. The number of nitrogens with zero attached hydrogens (tertiary/aromatic N) is 2. The number of hydrogen-bond acceptors (Lipinski definition) is 3. The summed E-state index contributed by atoms with van der Waals surface area (Å²) in [4.78, 5) is 4.28. The maximum atomic E-state index is 8.43. The van der Waals surface area contributed by atoms with Crippen LogP contribution < -0.4 is 4.90 Å². The van der Waals surface area contributed by atoms with Crippen LogP contribution in [0.25, 0.3) is 0 Å². The summed E-state index contributed by atoms with van der Waals surface area (Å²) in [5.74, 6) is 0. The van der Waals surface area contributed by atoms with Crippen molar-refractivity contribution in [1.29, 1.82) is 0 Å². The average Bonchev–Trinajstić information content (AvgIpc) is 2.66. The highest BCUT2D eigenvalue weighted by atomic mass is 35.5. The zero-order chi connectivity index (χ0) is 20.9. The Balaban J connectivity index is 2.29. The van der Waals surface area contributed by atoms with Crippen molar-refractivity contribution in [2.75, 3.05) is 32.1 Å². The summed E-state index contributed by atoms with van der Waals surface area (Å²) in [5.41, 5.74) is 0.622. The van der Waals surface area contributed by atoms with E-state index >= 15 is 0 Å². The molecule has 0 saturated heterocycles. The van der Waals surface area contributed by atoms with Gasteiger partial charge in [0.1, 0.15) is 0 Å². The average molecular weight is 326 g/mol. The first-order valence-corrected chi connectivity index (χ1v) is 7.77. The number of halogens is 1. The van der Waals surface area contributed by atoms with Gasteiger partial charge in [-0.05, 0) is 57.3 Å². The highest BCUT2D eigenvalue weighted by Crippen LogP contribution is 2.48. The molecule has 0 spiro atoms. The van der Waals surface area contributed by atoms with Crippen LogP contribution in [-0.2, 0) is 0 Å². The Hall–Kier alpha value is -1.16. The molecule has 2 aromatic rings. The third-order valence-corrected chi connectivity index (χ3v) is 4.28. The maximum absolute atomic E-state index is 8.43. The van der Waals surface area contributed by atoms with E-state index in [4.69, 9.17) is 21.2 Å². The predicted molar refractivity (Wildman–Crippen MR) is 92.2 cm³/mol. The van der Waals surface area contributed by atoms with E-state index in [1.54, 1.807) is 4.90 Å². The van der Waals surface area contributed by atoms with Gasteiger partial charge in [-0.1, -0.05) is 35.4 Å². The van der Waals surface area contributed by atoms with Crippen molar-refractivity contribution in [1.82, 2.24) is 4.90 Å². The zero-order valence-corrected chi connectivity index (χ0v) is 13.4. The van der Waals surface area contributed by atoms with E-state index in [2.05, 4.69) is 0 Å². The second-order valence-electron chi connectivity index (χ2n) is 4.95. The van der Waals surface area contributed by atoms with Crippen LogP contribution in [0.2, 0.25) is 5.02 Å². The van der Waals surface area contributed by atoms with Crippen LogP contribution in [0.15, 0.2) is 52.1 Å². The van der Waals surface area contributed by atoms with Gasteiger partial charge in [0.15, 0.2) is 0 Å². The van der Waals surface area contributed by atoms with Crippen molar-refractivity contribution >= 4 is 34.7 Å². The fourth-order valence-electron chi connectivity index (χ4n) is 2.17. The van der Waals surface area contributed by atoms with Crippen LogP contribution >= 0.6 is 23.4 Å². The second kappa shape index (κ2) is 6.30. The molecule has 2 nitrogen and oxygen atoms in total. The van der Waals surface area contributed by atoms with Gasteiger partial charge in [0.05, 0.1) is 21.0 Å². The number of anilines is 2. The summed E-state index contributed by atoms with van der Waals surface area (Å²) in [5, 5.41) is -0.133. The van der Waals surface area contributed by atoms with Gasteiger partial charge < -0.3 is 9.80 Å². The van der Waals surface area contributed by atoms with Gasteiger partial charge in [-0.3, -0.25) is 0 Å². The molecule has 3 rings (SSSR count). The fourth-order valence-corrected chi connectivity index (χ4v) is 3.23. The molecule has 0 unspecified atom stereocenters. The van der Waals surface area contributed by atoms with Crippen molar-refractivity contribution in [3.05, 3.63) is 47.3 Å². The van der Waals surface area contributed by atoms with Crippen molar-refractivity contribution in [2.45, 2.75) is 16.2 Å². The lowest BCUT2D eigenvalue weighted by Gasteiger charge is -2.33. The number of hydrogen-bond donors (Lipinski definition) is 0.